The van der Waals surface area contributed by atoms with Crippen molar-refractivity contribution in [2.75, 3.05) is 0 Å². The van der Waals surface area contributed by atoms with Crippen LogP contribution >= 0.6 is 15.9 Å². The van der Waals surface area contributed by atoms with E-state index in [0.29, 0.717) is 22.4 Å². The molecule has 4 heteroatoms. The molecule has 2 N–H and O–H groups in total. The smallest absolute Gasteiger partial charge is 0.178 e. The van der Waals surface area contributed by atoms with E-state index in [4.69, 9.17) is 15.4 Å². The summed E-state index contributed by atoms with van der Waals surface area (Å²) in [5.41, 5.74) is 7.70. The average Bonchev–Trinajstić information content (AvgIpc) is 2.59. The zero-order valence-corrected chi connectivity index (χ0v) is 9.47. The van der Waals surface area contributed by atoms with E-state index in [9.17, 15) is 0 Å². The molecule has 1 rings (SSSR count). The SMILES string of the molecule is CCC/C(C#N)=C(/N)c1ccoc1Br. The van der Waals surface area contributed by atoms with Crippen molar-refractivity contribution in [1.82, 2.24) is 0 Å². The number of hydrogen-bond acceptors (Lipinski definition) is 3. The van der Waals surface area contributed by atoms with Crippen LogP contribution in [-0.2, 0) is 0 Å². The fourth-order valence-corrected chi connectivity index (χ4v) is 1.60. The largest absolute Gasteiger partial charge is 0.457 e. The normalized spacial score (nSPS) is 12.1. The molecule has 0 radical (unpaired) electrons. The summed E-state index contributed by atoms with van der Waals surface area (Å²) in [6.45, 7) is 2.01. The van der Waals surface area contributed by atoms with E-state index in [2.05, 4.69) is 22.0 Å². The number of nitrogens with zero attached hydrogens (tertiary/aromatic N) is 1. The molecular formula is C10H11BrN2O. The Morgan fingerprint density at radius 1 is 1.71 bits per heavy atom. The number of hydrogen-bond donors (Lipinski definition) is 1. The zero-order valence-electron chi connectivity index (χ0n) is 7.88. The molecule has 0 saturated carbocycles. The van der Waals surface area contributed by atoms with Crippen molar-refractivity contribution in [3.05, 3.63) is 28.1 Å². The Balaban J connectivity index is 3.09. The first-order valence-corrected chi connectivity index (χ1v) is 5.12. The van der Waals surface area contributed by atoms with E-state index in [0.717, 1.165) is 12.0 Å². The summed E-state index contributed by atoms with van der Waals surface area (Å²) in [7, 11) is 0. The molecule has 1 aromatic heterocycles. The Hall–Kier alpha value is -1.21. The summed E-state index contributed by atoms with van der Waals surface area (Å²) >= 11 is 3.23. The number of nitrogens with two attached hydrogens (primary N) is 1. The van der Waals surface area contributed by atoms with Crippen LogP contribution in [0.15, 0.2) is 27.0 Å². The second-order valence-corrected chi connectivity index (χ2v) is 3.58. The lowest BCUT2D eigenvalue weighted by atomic mass is 10.1. The second kappa shape index (κ2) is 4.87. The van der Waals surface area contributed by atoms with Gasteiger partial charge in [0.25, 0.3) is 0 Å². The molecule has 0 aliphatic rings. The van der Waals surface area contributed by atoms with Gasteiger partial charge in [-0.3, -0.25) is 0 Å². The van der Waals surface area contributed by atoms with Gasteiger partial charge in [0, 0.05) is 0 Å². The van der Waals surface area contributed by atoms with E-state index in [1.165, 1.54) is 6.26 Å². The third kappa shape index (κ3) is 2.18. The third-order valence-electron chi connectivity index (χ3n) is 1.87. The zero-order chi connectivity index (χ0) is 10.6. The molecule has 0 bridgehead atoms. The molecule has 0 saturated heterocycles. The minimum absolute atomic E-state index is 0.495. The Morgan fingerprint density at radius 3 is 2.86 bits per heavy atom. The molecule has 74 valence electrons. The first-order valence-electron chi connectivity index (χ1n) is 4.32. The van der Waals surface area contributed by atoms with Crippen LogP contribution in [0.3, 0.4) is 0 Å². The van der Waals surface area contributed by atoms with Crippen molar-refractivity contribution in [3.8, 4) is 6.07 Å². The molecule has 3 nitrogen and oxygen atoms in total. The van der Waals surface area contributed by atoms with Crippen LogP contribution in [0.25, 0.3) is 5.70 Å². The van der Waals surface area contributed by atoms with Gasteiger partial charge in [-0.1, -0.05) is 13.3 Å². The molecule has 0 unspecified atom stereocenters. The predicted octanol–water partition coefficient (Wildman–Crippen LogP) is 3.04. The van der Waals surface area contributed by atoms with Crippen LogP contribution in [-0.4, -0.2) is 0 Å². The van der Waals surface area contributed by atoms with Crippen molar-refractivity contribution in [1.29, 1.82) is 5.26 Å². The lowest BCUT2D eigenvalue weighted by Crippen LogP contribution is -2.00. The summed E-state index contributed by atoms with van der Waals surface area (Å²) in [4.78, 5) is 0. The van der Waals surface area contributed by atoms with Crippen molar-refractivity contribution in [2.24, 2.45) is 5.73 Å². The third-order valence-corrected chi connectivity index (χ3v) is 2.48. The van der Waals surface area contributed by atoms with Gasteiger partial charge in [-0.2, -0.15) is 5.26 Å². The van der Waals surface area contributed by atoms with E-state index in [1.54, 1.807) is 6.07 Å². The van der Waals surface area contributed by atoms with E-state index >= 15 is 0 Å². The molecule has 0 spiro atoms. The first kappa shape index (κ1) is 10.9. The average molecular weight is 255 g/mol. The van der Waals surface area contributed by atoms with Gasteiger partial charge >= 0.3 is 0 Å². The van der Waals surface area contributed by atoms with Crippen molar-refractivity contribution >= 4 is 21.6 Å². The maximum absolute atomic E-state index is 8.88. The molecule has 1 heterocycles. The van der Waals surface area contributed by atoms with E-state index < -0.39 is 0 Å². The number of allylic oxidation sites excluding steroid dienone is 1. The Morgan fingerprint density at radius 2 is 2.43 bits per heavy atom. The van der Waals surface area contributed by atoms with Crippen LogP contribution < -0.4 is 5.73 Å². The highest BCUT2D eigenvalue weighted by Crippen LogP contribution is 2.25. The van der Waals surface area contributed by atoms with Crippen LogP contribution in [0.1, 0.15) is 25.3 Å². The van der Waals surface area contributed by atoms with Crippen LogP contribution in [0.5, 0.6) is 0 Å². The van der Waals surface area contributed by atoms with Gasteiger partial charge in [-0.25, -0.2) is 0 Å². The molecule has 14 heavy (non-hydrogen) atoms. The minimum Gasteiger partial charge on any atom is -0.457 e. The van der Waals surface area contributed by atoms with Gasteiger partial charge in [0.05, 0.1) is 29.2 Å². The number of rotatable bonds is 3. The molecule has 0 aromatic carbocycles. The molecule has 0 amide bonds. The Kier molecular flexibility index (Phi) is 3.78. The van der Waals surface area contributed by atoms with Gasteiger partial charge in [0.2, 0.25) is 0 Å². The summed E-state index contributed by atoms with van der Waals surface area (Å²) in [6.07, 6.45) is 3.13. The summed E-state index contributed by atoms with van der Waals surface area (Å²) in [5, 5.41) is 8.88. The van der Waals surface area contributed by atoms with E-state index in [1.807, 2.05) is 6.92 Å². The first-order chi connectivity index (χ1) is 6.70. The van der Waals surface area contributed by atoms with Crippen molar-refractivity contribution in [2.45, 2.75) is 19.8 Å². The topological polar surface area (TPSA) is 63.0 Å². The van der Waals surface area contributed by atoms with Crippen molar-refractivity contribution < 1.29 is 4.42 Å². The molecule has 1 aromatic rings. The number of furan rings is 1. The summed E-state index contributed by atoms with van der Waals surface area (Å²) in [6, 6.07) is 3.85. The minimum atomic E-state index is 0.495. The lowest BCUT2D eigenvalue weighted by Gasteiger charge is -2.02. The molecule has 0 aliphatic carbocycles. The molecular weight excluding hydrogens is 244 g/mol. The van der Waals surface area contributed by atoms with Crippen molar-refractivity contribution in [3.63, 3.8) is 0 Å². The predicted molar refractivity (Wildman–Crippen MR) is 58.0 cm³/mol. The standard InChI is InChI=1S/C10H11BrN2O/c1-2-3-7(6-12)9(13)8-4-5-14-10(8)11/h4-5H,2-3,13H2,1H3/b9-7-. The summed E-state index contributed by atoms with van der Waals surface area (Å²) in [5.74, 6) is 0. The van der Waals surface area contributed by atoms with Crippen LogP contribution in [0.4, 0.5) is 0 Å². The quantitative estimate of drug-likeness (QED) is 0.844. The van der Waals surface area contributed by atoms with Crippen LogP contribution in [0.2, 0.25) is 0 Å². The maximum atomic E-state index is 8.88. The number of nitriles is 1. The lowest BCUT2D eigenvalue weighted by molar-refractivity contribution is 0.540. The molecule has 0 atom stereocenters. The monoisotopic (exact) mass is 254 g/mol. The van der Waals surface area contributed by atoms with Gasteiger partial charge in [0.1, 0.15) is 0 Å². The van der Waals surface area contributed by atoms with Gasteiger partial charge < -0.3 is 10.2 Å². The molecule has 0 aliphatic heterocycles. The Bertz CT molecular complexity index is 387. The highest BCUT2D eigenvalue weighted by Gasteiger charge is 2.10. The fourth-order valence-electron chi connectivity index (χ4n) is 1.15. The molecule has 0 fully saturated rings. The summed E-state index contributed by atoms with van der Waals surface area (Å²) < 4.78 is 5.62. The van der Waals surface area contributed by atoms with E-state index in [-0.39, 0.29) is 0 Å². The van der Waals surface area contributed by atoms with Gasteiger partial charge in [-0.05, 0) is 28.4 Å². The van der Waals surface area contributed by atoms with Crippen LogP contribution in [0, 0.1) is 11.3 Å². The second-order valence-electron chi connectivity index (χ2n) is 2.86. The van der Waals surface area contributed by atoms with Gasteiger partial charge in [0.15, 0.2) is 4.67 Å². The Labute approximate surface area is 91.3 Å². The number of halogens is 1. The van der Waals surface area contributed by atoms with Gasteiger partial charge in [-0.15, -0.1) is 0 Å². The maximum Gasteiger partial charge on any atom is 0.178 e. The highest BCUT2D eigenvalue weighted by molar-refractivity contribution is 9.10. The highest BCUT2D eigenvalue weighted by atomic mass is 79.9. The fraction of sp³-hybridized carbons (Fsp3) is 0.300.